The molecule has 0 fully saturated rings. The molecule has 3 heteroatoms. The van der Waals surface area contributed by atoms with Crippen LogP contribution >= 0.6 is 0 Å². The number of hydrogen-bond acceptors (Lipinski definition) is 2. The fourth-order valence-electron chi connectivity index (χ4n) is 1.29. The summed E-state index contributed by atoms with van der Waals surface area (Å²) in [6.45, 7) is 0.865. The van der Waals surface area contributed by atoms with Crippen molar-refractivity contribution in [1.29, 1.82) is 0 Å². The molecule has 1 N–H and O–H groups in total. The lowest BCUT2D eigenvalue weighted by molar-refractivity contribution is 0.0788. The van der Waals surface area contributed by atoms with Crippen molar-refractivity contribution in [3.05, 3.63) is 23.5 Å². The van der Waals surface area contributed by atoms with Crippen LogP contribution in [0.2, 0.25) is 0 Å². The van der Waals surface area contributed by atoms with Crippen LogP contribution in [0.4, 0.5) is 0 Å². The first kappa shape index (κ1) is 6.61. The van der Waals surface area contributed by atoms with Gasteiger partial charge in [-0.3, -0.25) is 4.79 Å². The largest absolute Gasteiger partial charge is 0.373 e. The van der Waals surface area contributed by atoms with Crippen molar-refractivity contribution in [2.75, 3.05) is 13.2 Å². The van der Waals surface area contributed by atoms with E-state index in [1.807, 2.05) is 6.07 Å². The Morgan fingerprint density at radius 2 is 2.45 bits per heavy atom. The van der Waals surface area contributed by atoms with E-state index in [0.717, 1.165) is 17.7 Å². The number of carbonyl (C=O) groups is 1. The highest BCUT2D eigenvalue weighted by atomic mass is 16.5. The average molecular weight is 151 g/mol. The zero-order chi connectivity index (χ0) is 7.68. The van der Waals surface area contributed by atoms with E-state index in [1.54, 1.807) is 6.20 Å². The zero-order valence-electron chi connectivity index (χ0n) is 6.09. The molecule has 3 nitrogen and oxygen atoms in total. The molecule has 1 aromatic rings. The molecule has 11 heavy (non-hydrogen) atoms. The van der Waals surface area contributed by atoms with Gasteiger partial charge in [-0.2, -0.15) is 0 Å². The molecular weight excluding hydrogens is 142 g/mol. The van der Waals surface area contributed by atoms with Crippen LogP contribution in [-0.4, -0.2) is 24.0 Å². The molecule has 0 unspecified atom stereocenters. The fraction of sp³-hybridized carbons (Fsp3) is 0.375. The van der Waals surface area contributed by atoms with Gasteiger partial charge in [0, 0.05) is 23.9 Å². The molecule has 0 saturated heterocycles. The maximum absolute atomic E-state index is 11.2. The number of fused-ring (bicyclic) bond motifs is 1. The number of hydrogen-bond donors (Lipinski definition) is 1. The Morgan fingerprint density at radius 3 is 3.36 bits per heavy atom. The molecule has 0 saturated carbocycles. The van der Waals surface area contributed by atoms with Crippen LogP contribution in [0.3, 0.4) is 0 Å². The second-order valence-corrected chi connectivity index (χ2v) is 2.60. The minimum Gasteiger partial charge on any atom is -0.373 e. The van der Waals surface area contributed by atoms with Crippen LogP contribution in [-0.2, 0) is 11.2 Å². The van der Waals surface area contributed by atoms with E-state index in [4.69, 9.17) is 4.74 Å². The third-order valence-corrected chi connectivity index (χ3v) is 1.86. The van der Waals surface area contributed by atoms with Crippen molar-refractivity contribution in [3.8, 4) is 0 Å². The van der Waals surface area contributed by atoms with Crippen LogP contribution in [0, 0.1) is 0 Å². The third-order valence-electron chi connectivity index (χ3n) is 1.86. The second-order valence-electron chi connectivity index (χ2n) is 2.60. The van der Waals surface area contributed by atoms with Gasteiger partial charge in [-0.1, -0.05) is 0 Å². The van der Waals surface area contributed by atoms with E-state index in [9.17, 15) is 4.79 Å². The Bertz CT molecular complexity index is 277. The predicted octanol–water partition coefficient (Wildman–Crippen LogP) is 0.770. The van der Waals surface area contributed by atoms with E-state index in [-0.39, 0.29) is 12.4 Å². The molecule has 2 heterocycles. The molecule has 2 rings (SSSR count). The molecule has 0 spiro atoms. The van der Waals surface area contributed by atoms with E-state index in [2.05, 4.69) is 4.98 Å². The first-order valence-corrected chi connectivity index (χ1v) is 3.65. The number of ether oxygens (including phenoxy) is 1. The monoisotopic (exact) mass is 151 g/mol. The first-order valence-electron chi connectivity index (χ1n) is 3.65. The highest BCUT2D eigenvalue weighted by molar-refractivity contribution is 5.98. The lowest BCUT2D eigenvalue weighted by Gasteiger charge is -1.92. The number of H-pyrrole nitrogens is 1. The lowest BCUT2D eigenvalue weighted by Crippen LogP contribution is -2.05. The summed E-state index contributed by atoms with van der Waals surface area (Å²) in [5.74, 6) is 0.0822. The minimum absolute atomic E-state index is 0.0822. The molecule has 0 radical (unpaired) electrons. The number of aromatic nitrogens is 1. The Kier molecular flexibility index (Phi) is 1.51. The van der Waals surface area contributed by atoms with E-state index < -0.39 is 0 Å². The summed E-state index contributed by atoms with van der Waals surface area (Å²) >= 11 is 0. The topological polar surface area (TPSA) is 42.1 Å². The maximum atomic E-state index is 11.2. The molecule has 0 bridgehead atoms. The van der Waals surface area contributed by atoms with Crippen molar-refractivity contribution < 1.29 is 9.53 Å². The predicted molar refractivity (Wildman–Crippen MR) is 39.6 cm³/mol. The first-order chi connectivity index (χ1) is 5.38. The smallest absolute Gasteiger partial charge is 0.190 e. The van der Waals surface area contributed by atoms with E-state index >= 15 is 0 Å². The number of rotatable bonds is 0. The Morgan fingerprint density at radius 1 is 1.55 bits per heavy atom. The summed E-state index contributed by atoms with van der Waals surface area (Å²) in [7, 11) is 0. The van der Waals surface area contributed by atoms with Crippen molar-refractivity contribution in [2.24, 2.45) is 0 Å². The van der Waals surface area contributed by atoms with Crippen LogP contribution in [0.1, 0.15) is 16.1 Å². The number of carbonyl (C=O) groups excluding carboxylic acids is 1. The Labute approximate surface area is 64.4 Å². The van der Waals surface area contributed by atoms with E-state index in [1.165, 1.54) is 0 Å². The molecule has 0 amide bonds. The SMILES string of the molecule is O=C1COCCc2[nH]ccc21. The summed E-state index contributed by atoms with van der Waals surface area (Å²) in [4.78, 5) is 14.2. The molecule has 1 aliphatic heterocycles. The third kappa shape index (κ3) is 1.07. The quantitative estimate of drug-likeness (QED) is 0.595. The molecule has 0 aliphatic carbocycles. The Balaban J connectivity index is 2.41. The van der Waals surface area contributed by atoms with Crippen LogP contribution < -0.4 is 0 Å². The van der Waals surface area contributed by atoms with Gasteiger partial charge in [0.25, 0.3) is 0 Å². The summed E-state index contributed by atoms with van der Waals surface area (Å²) in [5.41, 5.74) is 1.80. The van der Waals surface area contributed by atoms with Crippen molar-refractivity contribution >= 4 is 5.78 Å². The lowest BCUT2D eigenvalue weighted by atomic mass is 10.1. The van der Waals surface area contributed by atoms with Crippen LogP contribution in [0.5, 0.6) is 0 Å². The summed E-state index contributed by atoms with van der Waals surface area (Å²) in [6.07, 6.45) is 2.61. The fourth-order valence-corrected chi connectivity index (χ4v) is 1.29. The standard InChI is InChI=1S/C8H9NO2/c10-8-5-11-4-2-7-6(8)1-3-9-7/h1,3,9H,2,4-5H2. The number of aromatic amines is 1. The van der Waals surface area contributed by atoms with Gasteiger partial charge in [-0.05, 0) is 6.07 Å². The van der Waals surface area contributed by atoms with Gasteiger partial charge >= 0.3 is 0 Å². The van der Waals surface area contributed by atoms with Gasteiger partial charge < -0.3 is 9.72 Å². The highest BCUT2D eigenvalue weighted by Crippen LogP contribution is 2.11. The van der Waals surface area contributed by atoms with Gasteiger partial charge in [-0.15, -0.1) is 0 Å². The van der Waals surface area contributed by atoms with Gasteiger partial charge in [0.05, 0.1) is 6.61 Å². The van der Waals surface area contributed by atoms with Crippen LogP contribution in [0.15, 0.2) is 12.3 Å². The molecular formula is C8H9NO2. The molecule has 0 atom stereocenters. The Hall–Kier alpha value is -1.09. The number of Topliss-reactive ketones (excluding diaryl/α,β-unsaturated/α-hetero) is 1. The number of nitrogens with one attached hydrogen (secondary N) is 1. The van der Waals surface area contributed by atoms with Gasteiger partial charge in [0.2, 0.25) is 0 Å². The zero-order valence-corrected chi connectivity index (χ0v) is 6.09. The summed E-state index contributed by atoms with van der Waals surface area (Å²) < 4.78 is 5.08. The number of ketones is 1. The second kappa shape index (κ2) is 2.51. The molecule has 58 valence electrons. The van der Waals surface area contributed by atoms with Crippen LogP contribution in [0.25, 0.3) is 0 Å². The van der Waals surface area contributed by atoms with Gasteiger partial charge in [-0.25, -0.2) is 0 Å². The normalized spacial score (nSPS) is 17.6. The van der Waals surface area contributed by atoms with E-state index in [0.29, 0.717) is 6.61 Å². The molecule has 1 aliphatic rings. The van der Waals surface area contributed by atoms with Crippen molar-refractivity contribution in [1.82, 2.24) is 4.98 Å². The van der Waals surface area contributed by atoms with Gasteiger partial charge in [0.1, 0.15) is 6.61 Å². The van der Waals surface area contributed by atoms with Gasteiger partial charge in [0.15, 0.2) is 5.78 Å². The molecule has 1 aromatic heterocycles. The minimum atomic E-state index is 0.0822. The maximum Gasteiger partial charge on any atom is 0.190 e. The summed E-state index contributed by atoms with van der Waals surface area (Å²) in [6, 6.07) is 1.81. The van der Waals surface area contributed by atoms with Crippen molar-refractivity contribution in [2.45, 2.75) is 6.42 Å². The van der Waals surface area contributed by atoms with Crippen molar-refractivity contribution in [3.63, 3.8) is 0 Å². The molecule has 0 aromatic carbocycles. The average Bonchev–Trinajstić information content (AvgIpc) is 2.40. The highest BCUT2D eigenvalue weighted by Gasteiger charge is 2.15. The summed E-state index contributed by atoms with van der Waals surface area (Å²) in [5, 5.41) is 0.